The number of hydrogen-bond donors (Lipinski definition) is 1. The minimum atomic E-state index is -0.127. The van der Waals surface area contributed by atoms with Gasteiger partial charge < -0.3 is 24.6 Å². The monoisotopic (exact) mass is 492 g/mol. The van der Waals surface area contributed by atoms with Gasteiger partial charge in [-0.1, -0.05) is 17.3 Å². The molecule has 0 fully saturated rings. The van der Waals surface area contributed by atoms with Crippen molar-refractivity contribution in [2.24, 2.45) is 0 Å². The Morgan fingerprint density at radius 3 is 2.80 bits per heavy atom. The topological polar surface area (TPSA) is 122 Å². The number of nitrogens with zero attached hydrogens (tertiary/aromatic N) is 5. The molecule has 0 aliphatic carbocycles. The standard InChI is InChI=1S/C24H24N6O4S/c1-4-29(16-7-5-6-14(2)10-16)19(31)12-30-21(25)20(24(27-30)35-3)23-26-22(28-34-23)15-8-9-17-18(11-15)33-13-32-17/h5-11H,4,12-13,25H2,1-3H3. The summed E-state index contributed by atoms with van der Waals surface area (Å²) in [6.45, 7) is 4.60. The molecule has 0 saturated carbocycles. The molecule has 0 bridgehead atoms. The molecule has 2 aromatic carbocycles. The summed E-state index contributed by atoms with van der Waals surface area (Å²) in [5.41, 5.74) is 9.57. The van der Waals surface area contributed by atoms with Crippen LogP contribution in [0.5, 0.6) is 11.5 Å². The van der Waals surface area contributed by atoms with Crippen molar-refractivity contribution in [3.63, 3.8) is 0 Å². The van der Waals surface area contributed by atoms with E-state index in [-0.39, 0.29) is 31.0 Å². The molecule has 0 atom stereocenters. The van der Waals surface area contributed by atoms with Gasteiger partial charge in [0.05, 0.1) is 0 Å². The largest absolute Gasteiger partial charge is 0.454 e. The lowest BCUT2D eigenvalue weighted by molar-refractivity contribution is -0.119. The fourth-order valence-electron chi connectivity index (χ4n) is 3.91. The van der Waals surface area contributed by atoms with Crippen LogP contribution in [0.25, 0.3) is 22.8 Å². The van der Waals surface area contributed by atoms with Gasteiger partial charge in [-0.25, -0.2) is 4.68 Å². The molecular formula is C24H24N6O4S. The summed E-state index contributed by atoms with van der Waals surface area (Å²) < 4.78 is 17.8. The van der Waals surface area contributed by atoms with Gasteiger partial charge in [0.2, 0.25) is 18.5 Å². The molecule has 4 aromatic rings. The maximum atomic E-state index is 13.2. The second kappa shape index (κ2) is 9.34. The lowest BCUT2D eigenvalue weighted by Crippen LogP contribution is -2.34. The number of nitrogens with two attached hydrogens (primary N) is 1. The quantitative estimate of drug-likeness (QED) is 0.382. The molecule has 35 heavy (non-hydrogen) atoms. The minimum Gasteiger partial charge on any atom is -0.454 e. The molecule has 1 aliphatic heterocycles. The molecule has 11 heteroatoms. The predicted octanol–water partition coefficient (Wildman–Crippen LogP) is 3.99. The normalized spacial score (nSPS) is 12.2. The second-order valence-corrected chi connectivity index (χ2v) is 8.69. The van der Waals surface area contributed by atoms with E-state index in [1.807, 2.05) is 50.4 Å². The van der Waals surface area contributed by atoms with Crippen LogP contribution < -0.4 is 20.1 Å². The van der Waals surface area contributed by atoms with Crippen LogP contribution in [0.3, 0.4) is 0 Å². The lowest BCUT2D eigenvalue weighted by atomic mass is 10.2. The van der Waals surface area contributed by atoms with E-state index in [2.05, 4.69) is 15.2 Å². The Bertz CT molecular complexity index is 1400. The third-order valence-electron chi connectivity index (χ3n) is 5.64. The number of anilines is 2. The maximum Gasteiger partial charge on any atom is 0.264 e. The van der Waals surface area contributed by atoms with Crippen LogP contribution in [0.4, 0.5) is 11.5 Å². The SMILES string of the molecule is CCN(C(=O)Cn1nc(SC)c(-c2nc(-c3ccc4c(c3)OCO4)no2)c1N)c1cccc(C)c1. The van der Waals surface area contributed by atoms with Crippen molar-refractivity contribution in [2.45, 2.75) is 25.4 Å². The fraction of sp³-hybridized carbons (Fsp3) is 0.250. The zero-order valence-electron chi connectivity index (χ0n) is 19.5. The zero-order valence-corrected chi connectivity index (χ0v) is 20.3. The van der Waals surface area contributed by atoms with Gasteiger partial charge in [0.25, 0.3) is 5.89 Å². The van der Waals surface area contributed by atoms with Crippen molar-refractivity contribution in [1.82, 2.24) is 19.9 Å². The predicted molar refractivity (Wildman–Crippen MR) is 132 cm³/mol. The van der Waals surface area contributed by atoms with Crippen molar-refractivity contribution in [1.29, 1.82) is 0 Å². The van der Waals surface area contributed by atoms with Gasteiger partial charge in [0.1, 0.15) is 23.0 Å². The smallest absolute Gasteiger partial charge is 0.264 e. The van der Waals surface area contributed by atoms with E-state index in [9.17, 15) is 4.79 Å². The van der Waals surface area contributed by atoms with Crippen molar-refractivity contribution in [3.05, 3.63) is 48.0 Å². The molecule has 1 aliphatic rings. The van der Waals surface area contributed by atoms with Gasteiger partial charge in [-0.15, -0.1) is 11.8 Å². The first-order chi connectivity index (χ1) is 17.0. The highest BCUT2D eigenvalue weighted by Crippen LogP contribution is 2.37. The maximum absolute atomic E-state index is 13.2. The fourth-order valence-corrected chi connectivity index (χ4v) is 4.48. The molecule has 2 N–H and O–H groups in total. The van der Waals surface area contributed by atoms with Crippen LogP contribution >= 0.6 is 11.8 Å². The molecule has 0 saturated heterocycles. The first-order valence-corrected chi connectivity index (χ1v) is 12.2. The average molecular weight is 493 g/mol. The number of thioether (sulfide) groups is 1. The first kappa shape index (κ1) is 22.8. The highest BCUT2D eigenvalue weighted by Gasteiger charge is 2.25. The number of ether oxygens (including phenoxy) is 2. The van der Waals surface area contributed by atoms with Crippen molar-refractivity contribution in [3.8, 4) is 34.3 Å². The number of carbonyl (C=O) groups is 1. The summed E-state index contributed by atoms with van der Waals surface area (Å²) in [4.78, 5) is 19.4. The van der Waals surface area contributed by atoms with Gasteiger partial charge >= 0.3 is 0 Å². The van der Waals surface area contributed by atoms with E-state index in [4.69, 9.17) is 19.7 Å². The Morgan fingerprint density at radius 2 is 2.03 bits per heavy atom. The number of carbonyl (C=O) groups excluding carboxylic acids is 1. The number of amides is 1. The van der Waals surface area contributed by atoms with Crippen molar-refractivity contribution in [2.75, 3.05) is 30.2 Å². The van der Waals surface area contributed by atoms with E-state index < -0.39 is 0 Å². The molecule has 0 radical (unpaired) electrons. The minimum absolute atomic E-state index is 0.0235. The average Bonchev–Trinajstić information content (AvgIpc) is 3.58. The Balaban J connectivity index is 1.43. The third kappa shape index (κ3) is 4.30. The highest BCUT2D eigenvalue weighted by molar-refractivity contribution is 7.98. The summed E-state index contributed by atoms with van der Waals surface area (Å²) in [6, 6.07) is 13.2. The van der Waals surface area contributed by atoms with Crippen molar-refractivity contribution < 1.29 is 18.8 Å². The van der Waals surface area contributed by atoms with Crippen LogP contribution in [0.2, 0.25) is 0 Å². The van der Waals surface area contributed by atoms with Gasteiger partial charge in [0, 0.05) is 17.8 Å². The number of nitrogen functional groups attached to an aromatic ring is 1. The lowest BCUT2D eigenvalue weighted by Gasteiger charge is -2.21. The van der Waals surface area contributed by atoms with Crippen LogP contribution in [-0.2, 0) is 11.3 Å². The number of aromatic nitrogens is 4. The molecule has 1 amide bonds. The third-order valence-corrected chi connectivity index (χ3v) is 6.31. The van der Waals surface area contributed by atoms with Crippen LogP contribution in [0.1, 0.15) is 12.5 Å². The summed E-state index contributed by atoms with van der Waals surface area (Å²) >= 11 is 1.39. The molecule has 5 rings (SSSR count). The molecule has 3 heterocycles. The van der Waals surface area contributed by atoms with E-state index in [0.29, 0.717) is 40.0 Å². The Hall–Kier alpha value is -3.99. The van der Waals surface area contributed by atoms with Crippen LogP contribution in [-0.4, -0.2) is 45.4 Å². The highest BCUT2D eigenvalue weighted by atomic mass is 32.2. The Kier molecular flexibility index (Phi) is 6.08. The Morgan fingerprint density at radius 1 is 1.20 bits per heavy atom. The van der Waals surface area contributed by atoms with E-state index >= 15 is 0 Å². The van der Waals surface area contributed by atoms with E-state index in [1.165, 1.54) is 16.4 Å². The van der Waals surface area contributed by atoms with Gasteiger partial charge in [-0.3, -0.25) is 4.79 Å². The summed E-state index contributed by atoms with van der Waals surface area (Å²) in [6.07, 6.45) is 1.87. The zero-order chi connectivity index (χ0) is 24.5. The van der Waals surface area contributed by atoms with Gasteiger partial charge in [0.15, 0.2) is 11.5 Å². The number of likely N-dealkylation sites (N-methyl/N-ethyl adjacent to an activating group) is 1. The molecule has 0 unspecified atom stereocenters. The Labute approximate surface area is 206 Å². The molecule has 10 nitrogen and oxygen atoms in total. The number of hydrogen-bond acceptors (Lipinski definition) is 9. The first-order valence-electron chi connectivity index (χ1n) is 11.0. The number of aryl methyl sites for hydroxylation is 1. The molecule has 0 spiro atoms. The summed E-state index contributed by atoms with van der Waals surface area (Å²) in [5.74, 6) is 2.05. The second-order valence-electron chi connectivity index (χ2n) is 7.90. The van der Waals surface area contributed by atoms with E-state index in [0.717, 1.165) is 11.3 Å². The molecular weight excluding hydrogens is 468 g/mol. The van der Waals surface area contributed by atoms with Crippen LogP contribution in [0.15, 0.2) is 52.0 Å². The van der Waals surface area contributed by atoms with E-state index in [1.54, 1.807) is 17.0 Å². The molecule has 180 valence electrons. The summed E-state index contributed by atoms with van der Waals surface area (Å²) in [7, 11) is 0. The van der Waals surface area contributed by atoms with Gasteiger partial charge in [-0.2, -0.15) is 10.1 Å². The van der Waals surface area contributed by atoms with Crippen molar-refractivity contribution >= 4 is 29.2 Å². The molecule has 2 aromatic heterocycles. The van der Waals surface area contributed by atoms with Crippen LogP contribution in [0, 0.1) is 6.92 Å². The number of rotatable bonds is 7. The summed E-state index contributed by atoms with van der Waals surface area (Å²) in [5, 5.41) is 9.24. The van der Waals surface area contributed by atoms with Gasteiger partial charge in [-0.05, 0) is 56.0 Å². The number of benzene rings is 2. The number of fused-ring (bicyclic) bond motifs is 1.